The zero-order valence-corrected chi connectivity index (χ0v) is 20.6. The summed E-state index contributed by atoms with van der Waals surface area (Å²) in [7, 11) is 2.90. The van der Waals surface area contributed by atoms with Crippen LogP contribution in [0.15, 0.2) is 35.4 Å². The van der Waals surface area contributed by atoms with Crippen LogP contribution in [0.1, 0.15) is 37.3 Å². The normalized spacial score (nSPS) is 33.4. The highest BCUT2D eigenvalue weighted by Crippen LogP contribution is 2.60. The number of allylic oxidation sites excluding steroid dienone is 1. The first-order valence-corrected chi connectivity index (χ1v) is 12.2. The molecular formula is C27H27N3O6. The van der Waals surface area contributed by atoms with E-state index >= 15 is 0 Å². The molecule has 2 saturated heterocycles. The summed E-state index contributed by atoms with van der Waals surface area (Å²) in [5.74, 6) is -6.51. The molecule has 186 valence electrons. The summed E-state index contributed by atoms with van der Waals surface area (Å²) >= 11 is 0. The van der Waals surface area contributed by atoms with Gasteiger partial charge in [0.25, 0.3) is 0 Å². The smallest absolute Gasteiger partial charge is 0.334 e. The average Bonchev–Trinajstić information content (AvgIpc) is 3.23. The van der Waals surface area contributed by atoms with Crippen LogP contribution >= 0.6 is 0 Å². The number of esters is 1. The van der Waals surface area contributed by atoms with E-state index in [-0.39, 0.29) is 36.7 Å². The number of amides is 4. The van der Waals surface area contributed by atoms with Crippen LogP contribution < -0.4 is 0 Å². The number of likely N-dealkylation sites (tertiary alicyclic amines) is 2. The molecule has 1 aromatic carbocycles. The summed E-state index contributed by atoms with van der Waals surface area (Å²) in [6.07, 6.45) is 0.157. The Balaban J connectivity index is 1.77. The molecule has 1 aromatic rings. The van der Waals surface area contributed by atoms with E-state index in [0.29, 0.717) is 22.3 Å². The number of nitriles is 1. The molecule has 4 amide bonds. The number of carbonyl (C=O) groups excluding carboxylic acids is 5. The molecule has 0 unspecified atom stereocenters. The fourth-order valence-electron chi connectivity index (χ4n) is 7.03. The molecule has 2 heterocycles. The Bertz CT molecular complexity index is 1280. The topological polar surface area (TPSA) is 125 Å². The highest BCUT2D eigenvalue weighted by atomic mass is 16.5. The molecule has 0 bridgehead atoms. The molecule has 0 aromatic heterocycles. The molecule has 7 atom stereocenters. The summed E-state index contributed by atoms with van der Waals surface area (Å²) in [6, 6.07) is 8.69. The van der Waals surface area contributed by atoms with Crippen LogP contribution in [0.25, 0.3) is 0 Å². The van der Waals surface area contributed by atoms with E-state index in [2.05, 4.69) is 6.07 Å². The zero-order valence-electron chi connectivity index (χ0n) is 20.6. The van der Waals surface area contributed by atoms with Crippen molar-refractivity contribution in [1.29, 1.82) is 5.26 Å². The first-order valence-electron chi connectivity index (χ1n) is 12.2. The van der Waals surface area contributed by atoms with Gasteiger partial charge in [-0.3, -0.25) is 29.0 Å². The van der Waals surface area contributed by atoms with Crippen LogP contribution in [-0.2, 0) is 28.7 Å². The van der Waals surface area contributed by atoms with E-state index in [1.807, 2.05) is 6.92 Å². The number of hydrogen-bond donors (Lipinski definition) is 0. The van der Waals surface area contributed by atoms with Crippen molar-refractivity contribution in [1.82, 2.24) is 9.80 Å². The van der Waals surface area contributed by atoms with Gasteiger partial charge < -0.3 is 4.74 Å². The first-order chi connectivity index (χ1) is 17.1. The third-order valence-corrected chi connectivity index (χ3v) is 8.59. The van der Waals surface area contributed by atoms with Crippen molar-refractivity contribution in [3.8, 4) is 6.07 Å². The summed E-state index contributed by atoms with van der Waals surface area (Å²) in [5, 5.41) is 9.25. The van der Waals surface area contributed by atoms with Gasteiger partial charge in [0.05, 0.1) is 41.9 Å². The molecule has 9 heteroatoms. The number of benzene rings is 1. The van der Waals surface area contributed by atoms with Crippen molar-refractivity contribution in [3.05, 3.63) is 46.5 Å². The van der Waals surface area contributed by atoms with Gasteiger partial charge in [-0.1, -0.05) is 24.6 Å². The molecule has 36 heavy (non-hydrogen) atoms. The Labute approximate surface area is 208 Å². The van der Waals surface area contributed by atoms with Crippen molar-refractivity contribution in [2.24, 2.45) is 35.5 Å². The summed E-state index contributed by atoms with van der Waals surface area (Å²) in [4.78, 5) is 68.8. The predicted molar refractivity (Wildman–Crippen MR) is 124 cm³/mol. The van der Waals surface area contributed by atoms with Crippen LogP contribution in [0.3, 0.4) is 0 Å². The van der Waals surface area contributed by atoms with Crippen molar-refractivity contribution < 1.29 is 28.7 Å². The largest absolute Gasteiger partial charge is 0.463 e. The van der Waals surface area contributed by atoms with Gasteiger partial charge >= 0.3 is 5.97 Å². The Hall–Kier alpha value is -3.80. The lowest BCUT2D eigenvalue weighted by molar-refractivity contribution is -0.141. The van der Waals surface area contributed by atoms with Crippen molar-refractivity contribution >= 4 is 29.6 Å². The fourth-order valence-corrected chi connectivity index (χ4v) is 7.03. The number of imide groups is 2. The average molecular weight is 490 g/mol. The van der Waals surface area contributed by atoms with Crippen molar-refractivity contribution in [3.63, 3.8) is 0 Å². The molecule has 9 nitrogen and oxygen atoms in total. The van der Waals surface area contributed by atoms with E-state index < -0.39 is 47.4 Å². The quantitative estimate of drug-likeness (QED) is 0.467. The third kappa shape index (κ3) is 3.10. The molecule has 2 aliphatic heterocycles. The maximum absolute atomic E-state index is 13.5. The van der Waals surface area contributed by atoms with Crippen LogP contribution in [-0.4, -0.2) is 60.1 Å². The zero-order chi connectivity index (χ0) is 26.0. The second-order valence-corrected chi connectivity index (χ2v) is 10.1. The molecule has 2 aliphatic carbocycles. The van der Waals surface area contributed by atoms with E-state index in [1.54, 1.807) is 31.2 Å². The molecule has 0 N–H and O–H groups in total. The van der Waals surface area contributed by atoms with Crippen LogP contribution in [0.5, 0.6) is 0 Å². The second-order valence-electron chi connectivity index (χ2n) is 10.1. The number of ether oxygens (including phenoxy) is 1. The molecule has 3 fully saturated rings. The van der Waals surface area contributed by atoms with E-state index in [0.717, 1.165) is 9.80 Å². The molecule has 5 rings (SSSR count). The number of rotatable bonds is 3. The highest BCUT2D eigenvalue weighted by molar-refractivity contribution is 6.09. The van der Waals surface area contributed by atoms with Gasteiger partial charge in [-0.05, 0) is 42.9 Å². The molecular weight excluding hydrogens is 462 g/mol. The van der Waals surface area contributed by atoms with Gasteiger partial charge in [-0.25, -0.2) is 4.79 Å². The number of hydrogen-bond acceptors (Lipinski definition) is 7. The first kappa shape index (κ1) is 23.9. The Morgan fingerprint density at radius 3 is 2.14 bits per heavy atom. The van der Waals surface area contributed by atoms with Crippen LogP contribution in [0.4, 0.5) is 0 Å². The van der Waals surface area contributed by atoms with Gasteiger partial charge in [0.15, 0.2) is 0 Å². The number of nitrogens with zero attached hydrogens (tertiary/aromatic N) is 3. The van der Waals surface area contributed by atoms with Gasteiger partial charge in [-0.15, -0.1) is 0 Å². The molecule has 4 aliphatic rings. The van der Waals surface area contributed by atoms with Crippen molar-refractivity contribution in [2.45, 2.75) is 26.2 Å². The lowest BCUT2D eigenvalue weighted by Gasteiger charge is -2.47. The molecule has 0 spiro atoms. The summed E-state index contributed by atoms with van der Waals surface area (Å²) in [6.45, 7) is 3.64. The summed E-state index contributed by atoms with van der Waals surface area (Å²) < 4.78 is 5.46. The minimum atomic E-state index is -0.854. The van der Waals surface area contributed by atoms with E-state index in [1.165, 1.54) is 14.1 Å². The molecule has 1 saturated carbocycles. The Morgan fingerprint density at radius 1 is 0.944 bits per heavy atom. The van der Waals surface area contributed by atoms with Crippen molar-refractivity contribution in [2.75, 3.05) is 20.7 Å². The minimum Gasteiger partial charge on any atom is -0.463 e. The van der Waals surface area contributed by atoms with Gasteiger partial charge in [-0.2, -0.15) is 5.26 Å². The van der Waals surface area contributed by atoms with Crippen LogP contribution in [0, 0.1) is 46.8 Å². The lowest BCUT2D eigenvalue weighted by atomic mass is 9.53. The van der Waals surface area contributed by atoms with Gasteiger partial charge in [0, 0.05) is 25.6 Å². The maximum atomic E-state index is 13.5. The SMILES string of the molecule is CCOC(=O)C1=C2C[C@@H]3C(=O)N(C)C(=O)[C@@H]3[C@H](C)[C@H]2[C@H]2C(=O)N(C)C(=O)[C@H]2[C@H]1c1ccc(C#N)cc1. The monoisotopic (exact) mass is 489 g/mol. The fraction of sp³-hybridized carbons (Fsp3) is 0.481. The number of carbonyl (C=O) groups is 5. The Kier molecular flexibility index (Phi) is 5.58. The molecule has 0 radical (unpaired) electrons. The Morgan fingerprint density at radius 2 is 1.53 bits per heavy atom. The predicted octanol–water partition coefficient (Wildman–Crippen LogP) is 1.63. The highest BCUT2D eigenvalue weighted by Gasteiger charge is 2.64. The summed E-state index contributed by atoms with van der Waals surface area (Å²) in [5.41, 5.74) is 1.97. The lowest BCUT2D eigenvalue weighted by Crippen LogP contribution is -2.48. The minimum absolute atomic E-state index is 0.114. The standard InChI is InChI=1S/C27H27N3O6/c1-5-36-27(35)20-15-10-16-18(24(32)29(3)23(16)31)12(2)17(15)21-22(26(34)30(4)25(21)33)19(20)14-8-6-13(11-28)7-9-14/h6-9,12,16-19,21-22H,5,10H2,1-4H3/t12-,16+,17-,18-,19+,21-,22+/m1/s1. The van der Waals surface area contributed by atoms with Gasteiger partial charge in [0.1, 0.15) is 0 Å². The number of fused-ring (bicyclic) bond motifs is 4. The van der Waals surface area contributed by atoms with Gasteiger partial charge in [0.2, 0.25) is 23.6 Å². The third-order valence-electron chi connectivity index (χ3n) is 8.59. The maximum Gasteiger partial charge on any atom is 0.334 e. The second kappa shape index (κ2) is 8.40. The van der Waals surface area contributed by atoms with E-state index in [9.17, 15) is 29.2 Å². The van der Waals surface area contributed by atoms with Crippen LogP contribution in [0.2, 0.25) is 0 Å². The van der Waals surface area contributed by atoms with E-state index in [4.69, 9.17) is 4.74 Å².